The largest absolute Gasteiger partial charge is 0.382 e. The number of nitrogens with zero attached hydrogens (tertiary/aromatic N) is 3. The molecule has 0 aliphatic rings. The Morgan fingerprint density at radius 1 is 1.33 bits per heavy atom. The standard InChI is InChI=1S/C15H19N5O/c1-3-13(21)18-12-9-17-15(19-14(12)16)20(2)10-11-7-5-4-6-8-11/h4-9H,3,10H2,1-2H3,(H,18,21)(H2,16,17,19). The predicted molar refractivity (Wildman–Crippen MR) is 83.9 cm³/mol. The van der Waals surface area contributed by atoms with Gasteiger partial charge in [0.15, 0.2) is 5.82 Å². The van der Waals surface area contributed by atoms with Crippen LogP contribution in [0.5, 0.6) is 0 Å². The third kappa shape index (κ3) is 3.92. The van der Waals surface area contributed by atoms with Gasteiger partial charge in [0.1, 0.15) is 5.69 Å². The van der Waals surface area contributed by atoms with Crippen molar-refractivity contribution in [2.24, 2.45) is 0 Å². The van der Waals surface area contributed by atoms with Crippen LogP contribution in [-0.4, -0.2) is 22.9 Å². The average Bonchev–Trinajstić information content (AvgIpc) is 2.50. The van der Waals surface area contributed by atoms with Crippen LogP contribution in [0.4, 0.5) is 17.5 Å². The van der Waals surface area contributed by atoms with Gasteiger partial charge in [0.2, 0.25) is 11.9 Å². The summed E-state index contributed by atoms with van der Waals surface area (Å²) < 4.78 is 0. The van der Waals surface area contributed by atoms with Crippen LogP contribution >= 0.6 is 0 Å². The molecule has 0 saturated heterocycles. The van der Waals surface area contributed by atoms with Gasteiger partial charge in [0.05, 0.1) is 6.20 Å². The zero-order valence-electron chi connectivity index (χ0n) is 12.2. The van der Waals surface area contributed by atoms with Gasteiger partial charge in [0.25, 0.3) is 0 Å². The molecule has 0 radical (unpaired) electrons. The molecule has 110 valence electrons. The molecule has 6 nitrogen and oxygen atoms in total. The maximum Gasteiger partial charge on any atom is 0.227 e. The number of nitrogens with one attached hydrogen (secondary N) is 1. The molecule has 0 aliphatic heterocycles. The summed E-state index contributed by atoms with van der Waals surface area (Å²) >= 11 is 0. The van der Waals surface area contributed by atoms with E-state index in [2.05, 4.69) is 15.3 Å². The average molecular weight is 285 g/mol. The molecule has 0 atom stereocenters. The van der Waals surface area contributed by atoms with Crippen LogP contribution in [0.2, 0.25) is 0 Å². The highest BCUT2D eigenvalue weighted by atomic mass is 16.1. The fourth-order valence-corrected chi connectivity index (χ4v) is 1.83. The summed E-state index contributed by atoms with van der Waals surface area (Å²) in [5.74, 6) is 0.670. The molecular formula is C15H19N5O. The summed E-state index contributed by atoms with van der Waals surface area (Å²) in [5.41, 5.74) is 7.46. The van der Waals surface area contributed by atoms with Crippen molar-refractivity contribution in [1.29, 1.82) is 0 Å². The quantitative estimate of drug-likeness (QED) is 0.878. The van der Waals surface area contributed by atoms with Crippen LogP contribution in [0.3, 0.4) is 0 Å². The van der Waals surface area contributed by atoms with Crippen molar-refractivity contribution in [3.05, 3.63) is 42.1 Å². The molecule has 1 amide bonds. The number of anilines is 3. The lowest BCUT2D eigenvalue weighted by atomic mass is 10.2. The van der Waals surface area contributed by atoms with Gasteiger partial charge in [-0.25, -0.2) is 4.98 Å². The summed E-state index contributed by atoms with van der Waals surface area (Å²) in [6.07, 6.45) is 1.92. The highest BCUT2D eigenvalue weighted by molar-refractivity contribution is 5.92. The summed E-state index contributed by atoms with van der Waals surface area (Å²) in [7, 11) is 1.89. The van der Waals surface area contributed by atoms with Crippen LogP contribution in [0, 0.1) is 0 Å². The van der Waals surface area contributed by atoms with E-state index in [4.69, 9.17) is 5.73 Å². The number of amides is 1. The first-order chi connectivity index (χ1) is 10.1. The highest BCUT2D eigenvalue weighted by Gasteiger charge is 2.10. The second-order valence-electron chi connectivity index (χ2n) is 4.71. The van der Waals surface area contributed by atoms with Gasteiger partial charge < -0.3 is 16.0 Å². The topological polar surface area (TPSA) is 84.1 Å². The molecular weight excluding hydrogens is 266 g/mol. The molecule has 1 aromatic carbocycles. The van der Waals surface area contributed by atoms with E-state index in [1.54, 1.807) is 6.92 Å². The van der Waals surface area contributed by atoms with Gasteiger partial charge >= 0.3 is 0 Å². The first-order valence-corrected chi connectivity index (χ1v) is 6.77. The molecule has 0 unspecified atom stereocenters. The van der Waals surface area contributed by atoms with E-state index in [1.165, 1.54) is 6.20 Å². The monoisotopic (exact) mass is 285 g/mol. The zero-order chi connectivity index (χ0) is 15.2. The van der Waals surface area contributed by atoms with Crippen molar-refractivity contribution in [3.63, 3.8) is 0 Å². The van der Waals surface area contributed by atoms with Gasteiger partial charge in [0, 0.05) is 20.0 Å². The molecule has 1 heterocycles. The molecule has 1 aromatic heterocycles. The Balaban J connectivity index is 2.10. The minimum atomic E-state index is -0.115. The normalized spacial score (nSPS) is 10.2. The van der Waals surface area contributed by atoms with Crippen molar-refractivity contribution in [1.82, 2.24) is 9.97 Å². The molecule has 2 aromatic rings. The number of carbonyl (C=O) groups excluding carboxylic acids is 1. The number of benzene rings is 1. The smallest absolute Gasteiger partial charge is 0.227 e. The number of nitrogen functional groups attached to an aromatic ring is 1. The minimum Gasteiger partial charge on any atom is -0.382 e. The van der Waals surface area contributed by atoms with Crippen molar-refractivity contribution >= 4 is 23.4 Å². The molecule has 6 heteroatoms. The van der Waals surface area contributed by atoms with Crippen molar-refractivity contribution in [2.45, 2.75) is 19.9 Å². The number of hydrogen-bond donors (Lipinski definition) is 2. The van der Waals surface area contributed by atoms with Crippen molar-refractivity contribution in [2.75, 3.05) is 23.0 Å². The number of hydrogen-bond acceptors (Lipinski definition) is 5. The minimum absolute atomic E-state index is 0.115. The number of nitrogens with two attached hydrogens (primary N) is 1. The van der Waals surface area contributed by atoms with E-state index in [0.717, 1.165) is 5.56 Å². The van der Waals surface area contributed by atoms with Crippen LogP contribution in [0.15, 0.2) is 36.5 Å². The van der Waals surface area contributed by atoms with Gasteiger partial charge in [-0.05, 0) is 5.56 Å². The highest BCUT2D eigenvalue weighted by Crippen LogP contribution is 2.18. The van der Waals surface area contributed by atoms with Gasteiger partial charge in [-0.3, -0.25) is 4.79 Å². The van der Waals surface area contributed by atoms with Gasteiger partial charge in [-0.2, -0.15) is 4.98 Å². The summed E-state index contributed by atoms with van der Waals surface area (Å²) in [6.45, 7) is 2.45. The fraction of sp³-hybridized carbons (Fsp3) is 0.267. The van der Waals surface area contributed by atoms with Crippen LogP contribution in [-0.2, 0) is 11.3 Å². The second kappa shape index (κ2) is 6.69. The van der Waals surface area contributed by atoms with E-state index in [1.807, 2.05) is 42.3 Å². The molecule has 0 aliphatic carbocycles. The molecule has 21 heavy (non-hydrogen) atoms. The maximum absolute atomic E-state index is 11.4. The van der Waals surface area contributed by atoms with E-state index in [9.17, 15) is 4.79 Å². The maximum atomic E-state index is 11.4. The zero-order valence-corrected chi connectivity index (χ0v) is 12.2. The first kappa shape index (κ1) is 14.8. The molecule has 0 bridgehead atoms. The number of aromatic nitrogens is 2. The Hall–Kier alpha value is -2.63. The van der Waals surface area contributed by atoms with E-state index in [0.29, 0.717) is 24.6 Å². The Labute approximate surface area is 124 Å². The van der Waals surface area contributed by atoms with Crippen LogP contribution < -0.4 is 16.0 Å². The van der Waals surface area contributed by atoms with Crippen LogP contribution in [0.1, 0.15) is 18.9 Å². The van der Waals surface area contributed by atoms with Gasteiger partial charge in [-0.1, -0.05) is 37.3 Å². The summed E-state index contributed by atoms with van der Waals surface area (Å²) in [5, 5.41) is 2.67. The Morgan fingerprint density at radius 3 is 2.67 bits per heavy atom. The Bertz CT molecular complexity index is 615. The Kier molecular flexibility index (Phi) is 4.71. The molecule has 0 spiro atoms. The number of carbonyl (C=O) groups is 1. The fourth-order valence-electron chi connectivity index (χ4n) is 1.83. The third-order valence-electron chi connectivity index (χ3n) is 3.00. The van der Waals surface area contributed by atoms with Crippen molar-refractivity contribution in [3.8, 4) is 0 Å². The lowest BCUT2D eigenvalue weighted by Gasteiger charge is -2.18. The Morgan fingerprint density at radius 2 is 2.05 bits per heavy atom. The lowest BCUT2D eigenvalue weighted by Crippen LogP contribution is -2.20. The molecule has 2 rings (SSSR count). The summed E-state index contributed by atoms with van der Waals surface area (Å²) in [4.78, 5) is 21.7. The molecule has 0 fully saturated rings. The lowest BCUT2D eigenvalue weighted by molar-refractivity contribution is -0.115. The van der Waals surface area contributed by atoms with Crippen LogP contribution in [0.25, 0.3) is 0 Å². The SMILES string of the molecule is CCC(=O)Nc1cnc(N(C)Cc2ccccc2)nc1N. The van der Waals surface area contributed by atoms with E-state index in [-0.39, 0.29) is 11.7 Å². The number of rotatable bonds is 5. The second-order valence-corrected chi connectivity index (χ2v) is 4.71. The van der Waals surface area contributed by atoms with E-state index < -0.39 is 0 Å². The summed E-state index contributed by atoms with van der Waals surface area (Å²) in [6, 6.07) is 10.0. The van der Waals surface area contributed by atoms with Gasteiger partial charge in [-0.15, -0.1) is 0 Å². The molecule has 3 N–H and O–H groups in total. The predicted octanol–water partition coefficient (Wildman–Crippen LogP) is 2.04. The van der Waals surface area contributed by atoms with Crippen molar-refractivity contribution < 1.29 is 4.79 Å². The van der Waals surface area contributed by atoms with E-state index >= 15 is 0 Å². The first-order valence-electron chi connectivity index (χ1n) is 6.77. The third-order valence-corrected chi connectivity index (χ3v) is 3.00. The molecule has 0 saturated carbocycles.